The summed E-state index contributed by atoms with van der Waals surface area (Å²) in [6.45, 7) is 2.09. The van der Waals surface area contributed by atoms with E-state index in [1.165, 1.54) is 10.8 Å². The van der Waals surface area contributed by atoms with Gasteiger partial charge in [-0.3, -0.25) is 9.55 Å². The van der Waals surface area contributed by atoms with Crippen LogP contribution in [0.15, 0.2) is 72.0 Å². The molecule has 4 rings (SSSR count). The Hall–Kier alpha value is -3.52. The summed E-state index contributed by atoms with van der Waals surface area (Å²) >= 11 is 0. The Labute approximate surface area is 180 Å². The van der Waals surface area contributed by atoms with E-state index in [4.69, 9.17) is 4.74 Å². The highest BCUT2D eigenvalue weighted by Gasteiger charge is 2.23. The van der Waals surface area contributed by atoms with E-state index < -0.39 is 0 Å². The van der Waals surface area contributed by atoms with Gasteiger partial charge in [-0.25, -0.2) is 14.6 Å². The molecule has 31 heavy (non-hydrogen) atoms. The van der Waals surface area contributed by atoms with Crippen molar-refractivity contribution in [2.45, 2.75) is 32.0 Å². The van der Waals surface area contributed by atoms with Crippen molar-refractivity contribution in [1.29, 1.82) is 0 Å². The number of nitrogens with zero attached hydrogens (tertiary/aromatic N) is 4. The van der Waals surface area contributed by atoms with E-state index in [0.717, 1.165) is 30.6 Å². The lowest BCUT2D eigenvalue weighted by molar-refractivity contribution is 0.0819. The summed E-state index contributed by atoms with van der Waals surface area (Å²) in [6.07, 6.45) is 8.66. The molecule has 0 spiro atoms. The molecule has 0 saturated carbocycles. The molecule has 8 nitrogen and oxygen atoms in total. The number of carbonyl (C=O) groups is 1. The average Bonchev–Trinajstić information content (AvgIpc) is 3.29. The van der Waals surface area contributed by atoms with E-state index in [-0.39, 0.29) is 17.8 Å². The van der Waals surface area contributed by atoms with Gasteiger partial charge in [0, 0.05) is 50.2 Å². The van der Waals surface area contributed by atoms with Crippen molar-refractivity contribution in [2.75, 3.05) is 18.5 Å². The van der Waals surface area contributed by atoms with Crippen LogP contribution >= 0.6 is 0 Å². The quantitative estimate of drug-likeness (QED) is 0.636. The zero-order valence-electron chi connectivity index (χ0n) is 17.2. The number of aromatic nitrogens is 3. The number of hydrogen-bond acceptors (Lipinski definition) is 5. The maximum atomic E-state index is 13.1. The Bertz CT molecular complexity index is 1060. The summed E-state index contributed by atoms with van der Waals surface area (Å²) in [6, 6.07) is 12.8. The first-order valence-electron chi connectivity index (χ1n) is 10.3. The van der Waals surface area contributed by atoms with E-state index in [1.807, 2.05) is 36.4 Å². The lowest BCUT2D eigenvalue weighted by Gasteiger charge is -2.26. The van der Waals surface area contributed by atoms with Crippen molar-refractivity contribution in [3.05, 3.63) is 88.9 Å². The number of benzene rings is 1. The number of anilines is 1. The number of pyridine rings is 1. The van der Waals surface area contributed by atoms with Crippen LogP contribution in [-0.2, 0) is 17.8 Å². The summed E-state index contributed by atoms with van der Waals surface area (Å²) in [5.41, 5.74) is 2.21. The van der Waals surface area contributed by atoms with Gasteiger partial charge >= 0.3 is 11.7 Å². The maximum absolute atomic E-state index is 13.1. The van der Waals surface area contributed by atoms with Crippen LogP contribution in [0.25, 0.3) is 0 Å². The first-order chi connectivity index (χ1) is 15.2. The first-order valence-corrected chi connectivity index (χ1v) is 10.3. The lowest BCUT2D eigenvalue weighted by atomic mass is 10.2. The van der Waals surface area contributed by atoms with Crippen molar-refractivity contribution in [3.8, 4) is 0 Å². The summed E-state index contributed by atoms with van der Waals surface area (Å²) in [5, 5.41) is 2.99. The van der Waals surface area contributed by atoms with Gasteiger partial charge in [-0.15, -0.1) is 0 Å². The minimum absolute atomic E-state index is 0.0474. The van der Waals surface area contributed by atoms with Gasteiger partial charge in [-0.1, -0.05) is 18.2 Å². The molecule has 2 aromatic heterocycles. The number of amides is 2. The Kier molecular flexibility index (Phi) is 6.68. The van der Waals surface area contributed by atoms with Crippen molar-refractivity contribution in [3.63, 3.8) is 0 Å². The largest absolute Gasteiger partial charge is 0.376 e. The van der Waals surface area contributed by atoms with Crippen LogP contribution < -0.4 is 11.0 Å². The molecule has 3 aromatic rings. The van der Waals surface area contributed by atoms with Gasteiger partial charge in [-0.2, -0.15) is 0 Å². The summed E-state index contributed by atoms with van der Waals surface area (Å²) in [7, 11) is 0. The van der Waals surface area contributed by atoms with E-state index in [0.29, 0.717) is 25.3 Å². The molecule has 1 aromatic carbocycles. The van der Waals surface area contributed by atoms with Gasteiger partial charge in [0.2, 0.25) is 0 Å². The summed E-state index contributed by atoms with van der Waals surface area (Å²) in [5.74, 6) is 0. The monoisotopic (exact) mass is 419 g/mol. The van der Waals surface area contributed by atoms with Gasteiger partial charge in [0.1, 0.15) is 0 Å². The molecule has 0 bridgehead atoms. The van der Waals surface area contributed by atoms with E-state index in [9.17, 15) is 9.59 Å². The second kappa shape index (κ2) is 9.99. The van der Waals surface area contributed by atoms with Crippen LogP contribution in [-0.4, -0.2) is 44.7 Å². The molecule has 0 aliphatic carbocycles. The number of nitrogens with one attached hydrogen (secondary N) is 1. The third-order valence-electron chi connectivity index (χ3n) is 5.15. The first kappa shape index (κ1) is 20.7. The normalized spacial score (nSPS) is 15.5. The van der Waals surface area contributed by atoms with E-state index >= 15 is 0 Å². The molecule has 1 atom stereocenters. The average molecular weight is 419 g/mol. The molecule has 2 amide bonds. The molecule has 8 heteroatoms. The predicted molar refractivity (Wildman–Crippen MR) is 117 cm³/mol. The smallest absolute Gasteiger partial charge is 0.347 e. The Morgan fingerprint density at radius 1 is 1.19 bits per heavy atom. The standard InChI is InChI=1S/C23H25N5O3/c29-22-25-10-4-11-27(22)15-18-5-1-7-20(13-18)26-23(30)28(17-21-8-3-12-31-21)16-19-6-2-9-24-14-19/h1-2,4-7,9-11,13-14,21H,3,8,12,15-17H2,(H,26,30)/t21-/m1/s1. The zero-order chi connectivity index (χ0) is 21.5. The minimum atomic E-state index is -0.309. The lowest BCUT2D eigenvalue weighted by Crippen LogP contribution is -2.39. The fourth-order valence-electron chi connectivity index (χ4n) is 3.62. The van der Waals surface area contributed by atoms with Crippen molar-refractivity contribution < 1.29 is 9.53 Å². The third kappa shape index (κ3) is 5.76. The maximum Gasteiger partial charge on any atom is 0.347 e. The Morgan fingerprint density at radius 2 is 2.10 bits per heavy atom. The number of hydrogen-bond donors (Lipinski definition) is 1. The Morgan fingerprint density at radius 3 is 2.87 bits per heavy atom. The van der Waals surface area contributed by atoms with Crippen molar-refractivity contribution in [1.82, 2.24) is 19.4 Å². The summed E-state index contributed by atoms with van der Waals surface area (Å²) < 4.78 is 7.26. The van der Waals surface area contributed by atoms with Crippen LogP contribution in [0.1, 0.15) is 24.0 Å². The molecular weight excluding hydrogens is 394 g/mol. The second-order valence-corrected chi connectivity index (χ2v) is 7.54. The third-order valence-corrected chi connectivity index (χ3v) is 5.15. The molecule has 1 fully saturated rings. The summed E-state index contributed by atoms with van der Waals surface area (Å²) in [4.78, 5) is 34.7. The molecule has 3 heterocycles. The number of ether oxygens (including phenoxy) is 1. The van der Waals surface area contributed by atoms with Crippen LogP contribution in [0.3, 0.4) is 0 Å². The van der Waals surface area contributed by atoms with Gasteiger partial charge < -0.3 is 15.0 Å². The molecule has 1 aliphatic heterocycles. The van der Waals surface area contributed by atoms with Gasteiger partial charge in [0.05, 0.1) is 12.6 Å². The van der Waals surface area contributed by atoms with Gasteiger partial charge in [0.15, 0.2) is 0 Å². The molecular formula is C23H25N5O3. The zero-order valence-corrected chi connectivity index (χ0v) is 17.2. The molecule has 160 valence electrons. The van der Waals surface area contributed by atoms with Gasteiger partial charge in [-0.05, 0) is 48.2 Å². The van der Waals surface area contributed by atoms with E-state index in [2.05, 4.69) is 15.3 Å². The Balaban J connectivity index is 1.47. The minimum Gasteiger partial charge on any atom is -0.376 e. The topological polar surface area (TPSA) is 89.4 Å². The number of rotatable bonds is 7. The van der Waals surface area contributed by atoms with Crippen LogP contribution in [0.4, 0.5) is 10.5 Å². The SMILES string of the molecule is O=C(Nc1cccc(Cn2cccnc2=O)c1)N(Cc1cccnc1)C[C@H]1CCCO1. The van der Waals surface area contributed by atoms with Gasteiger partial charge in [0.25, 0.3) is 0 Å². The van der Waals surface area contributed by atoms with Crippen molar-refractivity contribution in [2.24, 2.45) is 0 Å². The fourth-order valence-corrected chi connectivity index (χ4v) is 3.62. The molecule has 0 unspecified atom stereocenters. The molecule has 1 saturated heterocycles. The van der Waals surface area contributed by atoms with Crippen LogP contribution in [0.5, 0.6) is 0 Å². The highest BCUT2D eigenvalue weighted by molar-refractivity contribution is 5.89. The van der Waals surface area contributed by atoms with E-state index in [1.54, 1.807) is 29.6 Å². The number of urea groups is 1. The molecule has 1 aliphatic rings. The number of carbonyl (C=O) groups excluding carboxylic acids is 1. The highest BCUT2D eigenvalue weighted by Crippen LogP contribution is 2.17. The van der Waals surface area contributed by atoms with Crippen molar-refractivity contribution >= 4 is 11.7 Å². The highest BCUT2D eigenvalue weighted by atomic mass is 16.5. The fraction of sp³-hybridized carbons (Fsp3) is 0.304. The van der Waals surface area contributed by atoms with Crippen LogP contribution in [0, 0.1) is 0 Å². The molecule has 1 N–H and O–H groups in total. The molecule has 0 radical (unpaired) electrons. The predicted octanol–water partition coefficient (Wildman–Crippen LogP) is 2.90. The second-order valence-electron chi connectivity index (χ2n) is 7.54. The van der Waals surface area contributed by atoms with Crippen LogP contribution in [0.2, 0.25) is 0 Å².